The summed E-state index contributed by atoms with van der Waals surface area (Å²) >= 11 is 1.46. The van der Waals surface area contributed by atoms with Crippen LogP contribution in [0.1, 0.15) is 4.88 Å². The molecule has 0 saturated carbocycles. The summed E-state index contributed by atoms with van der Waals surface area (Å²) in [6.07, 6.45) is 2.20. The molecule has 0 aliphatic rings. The van der Waals surface area contributed by atoms with E-state index < -0.39 is 0 Å². The number of aliphatic imine (C=N–C) groups is 1. The van der Waals surface area contributed by atoms with Gasteiger partial charge in [0.1, 0.15) is 17.0 Å². The number of hydrogen-bond acceptors (Lipinski definition) is 6. The van der Waals surface area contributed by atoms with Crippen molar-refractivity contribution in [1.29, 1.82) is 0 Å². The molecule has 0 atom stereocenters. The van der Waals surface area contributed by atoms with Crippen molar-refractivity contribution in [3.8, 4) is 28.3 Å². The van der Waals surface area contributed by atoms with E-state index in [1.165, 1.54) is 11.3 Å². The lowest BCUT2D eigenvalue weighted by Gasteiger charge is -2.04. The Morgan fingerprint density at radius 3 is 2.70 bits per heavy atom. The van der Waals surface area contributed by atoms with E-state index in [1.807, 2.05) is 55.4 Å². The van der Waals surface area contributed by atoms with Crippen molar-refractivity contribution in [3.63, 3.8) is 0 Å². The lowest BCUT2D eigenvalue weighted by molar-refractivity contribution is 0.300. The van der Waals surface area contributed by atoms with E-state index in [9.17, 15) is 5.11 Å². The molecule has 0 aliphatic heterocycles. The number of methoxy groups -OCH3 is 1. The lowest BCUT2D eigenvalue weighted by atomic mass is 10.00. The van der Waals surface area contributed by atoms with Crippen LogP contribution < -0.4 is 4.74 Å². The van der Waals surface area contributed by atoms with Crippen LogP contribution in [0.25, 0.3) is 33.6 Å². The minimum Gasteiger partial charge on any atom is -0.497 e. The second-order valence-corrected chi connectivity index (χ2v) is 8.05. The van der Waals surface area contributed by atoms with Gasteiger partial charge in [0.25, 0.3) is 0 Å². The smallest absolute Gasteiger partial charge is 0.211 e. The Labute approximate surface area is 179 Å². The first-order valence-electron chi connectivity index (χ1n) is 9.58. The minimum absolute atomic E-state index is 0.0285. The number of aliphatic hydroxyl groups excluding tert-OH is 1. The van der Waals surface area contributed by atoms with Gasteiger partial charge in [0.2, 0.25) is 5.13 Å². The van der Waals surface area contributed by atoms with E-state index in [2.05, 4.69) is 17.1 Å². The summed E-state index contributed by atoms with van der Waals surface area (Å²) in [7, 11) is 5.47. The Morgan fingerprint density at radius 1 is 1.20 bits per heavy atom. The van der Waals surface area contributed by atoms with Gasteiger partial charge in [-0.2, -0.15) is 0 Å². The summed E-state index contributed by atoms with van der Waals surface area (Å²) < 4.78 is 11.7. The number of aromatic nitrogens is 1. The van der Waals surface area contributed by atoms with E-state index in [0.717, 1.165) is 32.7 Å². The second kappa shape index (κ2) is 8.69. The van der Waals surface area contributed by atoms with Crippen molar-refractivity contribution in [2.45, 2.75) is 6.42 Å². The Balaban J connectivity index is 1.96. The normalized spacial score (nSPS) is 11.5. The number of fused-ring (bicyclic) bond motifs is 1. The monoisotopic (exact) mass is 421 g/mol. The molecule has 2 aromatic carbocycles. The van der Waals surface area contributed by atoms with Gasteiger partial charge in [-0.25, -0.2) is 9.98 Å². The molecule has 0 fully saturated rings. The molecular formula is C23H23N3O3S. The van der Waals surface area contributed by atoms with E-state index in [1.54, 1.807) is 13.4 Å². The van der Waals surface area contributed by atoms with Crippen LogP contribution in [-0.4, -0.2) is 49.1 Å². The molecule has 0 saturated heterocycles. The average molecular weight is 422 g/mol. The van der Waals surface area contributed by atoms with Crippen molar-refractivity contribution in [2.24, 2.45) is 4.99 Å². The van der Waals surface area contributed by atoms with E-state index in [4.69, 9.17) is 14.1 Å². The Kier molecular flexibility index (Phi) is 5.83. The molecule has 0 radical (unpaired) electrons. The zero-order valence-corrected chi connectivity index (χ0v) is 17.9. The molecule has 0 amide bonds. The minimum atomic E-state index is 0.0285. The molecule has 6 nitrogen and oxygen atoms in total. The van der Waals surface area contributed by atoms with Crippen LogP contribution >= 0.6 is 11.3 Å². The summed E-state index contributed by atoms with van der Waals surface area (Å²) in [5.41, 5.74) is 3.46. The highest BCUT2D eigenvalue weighted by Crippen LogP contribution is 2.44. The van der Waals surface area contributed by atoms with Crippen LogP contribution in [-0.2, 0) is 6.42 Å². The van der Waals surface area contributed by atoms with Crippen molar-refractivity contribution in [2.75, 3.05) is 27.8 Å². The van der Waals surface area contributed by atoms with E-state index in [-0.39, 0.29) is 6.61 Å². The zero-order chi connectivity index (χ0) is 21.1. The first-order chi connectivity index (χ1) is 14.6. The molecular weight excluding hydrogens is 398 g/mol. The summed E-state index contributed by atoms with van der Waals surface area (Å²) in [5.74, 6) is 1.44. The van der Waals surface area contributed by atoms with Gasteiger partial charge in [-0.15, -0.1) is 0 Å². The van der Waals surface area contributed by atoms with Gasteiger partial charge < -0.3 is 19.2 Å². The Morgan fingerprint density at radius 2 is 2.00 bits per heavy atom. The molecule has 0 spiro atoms. The fourth-order valence-corrected chi connectivity index (χ4v) is 4.16. The zero-order valence-electron chi connectivity index (χ0n) is 17.1. The highest BCUT2D eigenvalue weighted by atomic mass is 32.1. The third-order valence-corrected chi connectivity index (χ3v) is 5.62. The molecule has 2 heterocycles. The number of benzene rings is 2. The maximum Gasteiger partial charge on any atom is 0.211 e. The number of furan rings is 1. The third-order valence-electron chi connectivity index (χ3n) is 4.60. The van der Waals surface area contributed by atoms with Crippen molar-refractivity contribution in [3.05, 3.63) is 53.4 Å². The highest BCUT2D eigenvalue weighted by Gasteiger charge is 2.23. The maximum atomic E-state index is 9.60. The fraction of sp³-hybridized carbons (Fsp3) is 0.217. The Hall–Kier alpha value is -3.16. The van der Waals surface area contributed by atoms with Gasteiger partial charge in [0.05, 0.1) is 13.4 Å². The molecule has 0 aliphatic carbocycles. The predicted octanol–water partition coefficient (Wildman–Crippen LogP) is 4.99. The van der Waals surface area contributed by atoms with Crippen LogP contribution in [0.15, 0.2) is 57.9 Å². The van der Waals surface area contributed by atoms with Crippen LogP contribution in [0.3, 0.4) is 0 Å². The molecule has 30 heavy (non-hydrogen) atoms. The summed E-state index contributed by atoms with van der Waals surface area (Å²) in [6.45, 7) is 0.0285. The topological polar surface area (TPSA) is 71.1 Å². The van der Waals surface area contributed by atoms with Crippen LogP contribution in [0.4, 0.5) is 5.13 Å². The number of hydrogen-bond donors (Lipinski definition) is 1. The number of ether oxygens (including phenoxy) is 1. The fourth-order valence-electron chi connectivity index (χ4n) is 3.27. The molecule has 4 aromatic rings. The number of rotatable bonds is 7. The number of thiazole rings is 1. The molecule has 7 heteroatoms. The predicted molar refractivity (Wildman–Crippen MR) is 122 cm³/mol. The quantitative estimate of drug-likeness (QED) is 0.336. The van der Waals surface area contributed by atoms with Crippen LogP contribution in [0.5, 0.6) is 5.75 Å². The van der Waals surface area contributed by atoms with Gasteiger partial charge in [0, 0.05) is 42.9 Å². The molecule has 0 bridgehead atoms. The highest BCUT2D eigenvalue weighted by molar-refractivity contribution is 7.15. The standard InChI is InChI=1S/C23H23N3O3S/c1-26(2)14-24-23-25-21(19(30-23)11-12-27)22-20(15-7-5-4-6-8-15)17-13-16(28-3)9-10-18(17)29-22/h4-10,13-14,27H,11-12H2,1-3H3/b24-14+. The summed E-state index contributed by atoms with van der Waals surface area (Å²) in [6, 6.07) is 15.9. The number of aliphatic hydroxyl groups is 1. The van der Waals surface area contributed by atoms with Gasteiger partial charge >= 0.3 is 0 Å². The van der Waals surface area contributed by atoms with Crippen LogP contribution in [0.2, 0.25) is 0 Å². The molecule has 2 aromatic heterocycles. The molecule has 1 N–H and O–H groups in total. The summed E-state index contributed by atoms with van der Waals surface area (Å²) in [5, 5.41) is 11.2. The van der Waals surface area contributed by atoms with Crippen LogP contribution in [0, 0.1) is 0 Å². The van der Waals surface area contributed by atoms with Gasteiger partial charge in [-0.05, 0) is 23.8 Å². The molecule has 154 valence electrons. The largest absolute Gasteiger partial charge is 0.497 e. The third kappa shape index (κ3) is 3.94. The second-order valence-electron chi connectivity index (χ2n) is 6.98. The molecule has 4 rings (SSSR count). The maximum absolute atomic E-state index is 9.60. The van der Waals surface area contributed by atoms with E-state index in [0.29, 0.717) is 23.0 Å². The number of nitrogens with zero attached hydrogens (tertiary/aromatic N) is 3. The van der Waals surface area contributed by atoms with Crippen molar-refractivity contribution >= 4 is 33.8 Å². The first-order valence-corrected chi connectivity index (χ1v) is 10.4. The SMILES string of the molecule is COc1ccc2oc(-c3nc(/N=C/N(C)C)sc3CCO)c(-c3ccccc3)c2c1. The van der Waals surface area contributed by atoms with Gasteiger partial charge in [-0.1, -0.05) is 41.7 Å². The van der Waals surface area contributed by atoms with Gasteiger partial charge in [-0.3, -0.25) is 0 Å². The van der Waals surface area contributed by atoms with Crippen molar-refractivity contribution < 1.29 is 14.3 Å². The van der Waals surface area contributed by atoms with E-state index >= 15 is 0 Å². The lowest BCUT2D eigenvalue weighted by Crippen LogP contribution is -2.06. The first kappa shape index (κ1) is 20.1. The van der Waals surface area contributed by atoms with Gasteiger partial charge in [0.15, 0.2) is 5.76 Å². The molecule has 0 unspecified atom stereocenters. The van der Waals surface area contributed by atoms with Crippen molar-refractivity contribution in [1.82, 2.24) is 9.88 Å². The average Bonchev–Trinajstić information content (AvgIpc) is 3.33. The summed E-state index contributed by atoms with van der Waals surface area (Å²) in [4.78, 5) is 12.0. The Bertz CT molecular complexity index is 1180.